The lowest BCUT2D eigenvalue weighted by atomic mass is 9.74. The van der Waals surface area contributed by atoms with Crippen LogP contribution >= 0.6 is 11.6 Å². The van der Waals surface area contributed by atoms with Gasteiger partial charge < -0.3 is 15.6 Å². The molecule has 0 bridgehead atoms. The van der Waals surface area contributed by atoms with Crippen molar-refractivity contribution in [3.05, 3.63) is 34.9 Å². The summed E-state index contributed by atoms with van der Waals surface area (Å²) in [5.74, 6) is 0. The van der Waals surface area contributed by atoms with Crippen LogP contribution in [0.4, 0.5) is 0 Å². The highest BCUT2D eigenvalue weighted by molar-refractivity contribution is 6.30. The van der Waals surface area contributed by atoms with Crippen LogP contribution in [-0.2, 0) is 10.2 Å². The minimum absolute atomic E-state index is 0.232. The van der Waals surface area contributed by atoms with Crippen molar-refractivity contribution in [1.29, 1.82) is 0 Å². The van der Waals surface area contributed by atoms with E-state index >= 15 is 0 Å². The van der Waals surface area contributed by atoms with Gasteiger partial charge in [-0.3, -0.25) is 0 Å². The fourth-order valence-corrected chi connectivity index (χ4v) is 2.09. The maximum absolute atomic E-state index is 9.92. The molecule has 15 heavy (non-hydrogen) atoms. The average Bonchev–Trinajstić information content (AvgIpc) is 2.16. The summed E-state index contributed by atoms with van der Waals surface area (Å²) in [6.07, 6.45) is -0.579. The van der Waals surface area contributed by atoms with Gasteiger partial charge in [-0.25, -0.2) is 0 Å². The molecule has 0 radical (unpaired) electrons. The molecule has 0 aliphatic carbocycles. The molecule has 1 fully saturated rings. The first-order valence-electron chi connectivity index (χ1n) is 4.91. The first-order chi connectivity index (χ1) is 7.19. The van der Waals surface area contributed by atoms with Gasteiger partial charge in [0, 0.05) is 11.6 Å². The average molecular weight is 228 g/mol. The second-order valence-corrected chi connectivity index (χ2v) is 4.35. The smallest absolute Gasteiger partial charge is 0.0803 e. The topological polar surface area (TPSA) is 55.5 Å². The van der Waals surface area contributed by atoms with Crippen LogP contribution in [0.5, 0.6) is 0 Å². The van der Waals surface area contributed by atoms with E-state index in [0.29, 0.717) is 18.2 Å². The van der Waals surface area contributed by atoms with E-state index in [-0.39, 0.29) is 12.0 Å². The number of hydrogen-bond acceptors (Lipinski definition) is 3. The Balaban J connectivity index is 2.34. The molecule has 0 amide bonds. The minimum atomic E-state index is -0.579. The Bertz CT molecular complexity index is 352. The van der Waals surface area contributed by atoms with Crippen molar-refractivity contribution < 1.29 is 9.84 Å². The summed E-state index contributed by atoms with van der Waals surface area (Å²) in [4.78, 5) is 0. The van der Waals surface area contributed by atoms with Crippen LogP contribution in [-0.4, -0.2) is 31.0 Å². The summed E-state index contributed by atoms with van der Waals surface area (Å²) in [6.45, 7) is 1.24. The van der Waals surface area contributed by atoms with E-state index in [1.165, 1.54) is 0 Å². The minimum Gasteiger partial charge on any atom is -0.391 e. The van der Waals surface area contributed by atoms with Crippen molar-refractivity contribution in [1.82, 2.24) is 0 Å². The molecule has 1 aromatic rings. The van der Waals surface area contributed by atoms with Crippen molar-refractivity contribution >= 4 is 11.6 Å². The maximum atomic E-state index is 9.92. The van der Waals surface area contributed by atoms with Crippen LogP contribution in [0.2, 0.25) is 5.02 Å². The fraction of sp³-hybridized carbons (Fsp3) is 0.455. The van der Waals surface area contributed by atoms with Crippen LogP contribution in [0.15, 0.2) is 24.3 Å². The van der Waals surface area contributed by atoms with Gasteiger partial charge in [0.1, 0.15) is 0 Å². The summed E-state index contributed by atoms with van der Waals surface area (Å²) in [6, 6.07) is 7.50. The predicted octanol–water partition coefficient (Wildman–Crippen LogP) is 0.928. The zero-order chi connectivity index (χ0) is 10.9. The predicted molar refractivity (Wildman–Crippen MR) is 59.0 cm³/mol. The zero-order valence-corrected chi connectivity index (χ0v) is 9.07. The van der Waals surface area contributed by atoms with Gasteiger partial charge in [-0.15, -0.1) is 0 Å². The molecule has 1 aliphatic heterocycles. The van der Waals surface area contributed by atoms with E-state index in [0.717, 1.165) is 5.56 Å². The molecule has 3 N–H and O–H groups in total. The molecule has 1 aromatic carbocycles. The Kier molecular flexibility index (Phi) is 2.98. The highest BCUT2D eigenvalue weighted by Gasteiger charge is 2.46. The van der Waals surface area contributed by atoms with Crippen molar-refractivity contribution in [3.8, 4) is 0 Å². The number of aliphatic hydroxyl groups is 1. The van der Waals surface area contributed by atoms with E-state index in [4.69, 9.17) is 22.1 Å². The molecule has 3 nitrogen and oxygen atoms in total. The molecule has 82 valence electrons. The molecule has 0 aromatic heterocycles. The number of benzene rings is 1. The van der Waals surface area contributed by atoms with Crippen molar-refractivity contribution in [3.63, 3.8) is 0 Å². The van der Waals surface area contributed by atoms with Crippen LogP contribution in [0.1, 0.15) is 5.56 Å². The van der Waals surface area contributed by atoms with Gasteiger partial charge in [-0.05, 0) is 17.7 Å². The molecule has 1 heterocycles. The monoisotopic (exact) mass is 227 g/mol. The summed E-state index contributed by atoms with van der Waals surface area (Å²) in [5, 5.41) is 10.6. The molecular formula is C11H14ClNO2. The molecule has 0 saturated carbocycles. The number of aliphatic hydroxyl groups excluding tert-OH is 1. The Labute approximate surface area is 93.8 Å². The SMILES string of the molecule is NCC(O)C1(c2cccc(Cl)c2)COC1. The largest absolute Gasteiger partial charge is 0.391 e. The van der Waals surface area contributed by atoms with E-state index in [9.17, 15) is 5.11 Å². The fourth-order valence-electron chi connectivity index (χ4n) is 1.90. The van der Waals surface area contributed by atoms with Crippen LogP contribution < -0.4 is 5.73 Å². The quantitative estimate of drug-likeness (QED) is 0.808. The molecule has 4 heteroatoms. The van der Waals surface area contributed by atoms with Gasteiger partial charge in [0.05, 0.1) is 24.7 Å². The first-order valence-corrected chi connectivity index (χ1v) is 5.29. The van der Waals surface area contributed by atoms with Gasteiger partial charge >= 0.3 is 0 Å². The normalized spacial score (nSPS) is 20.7. The van der Waals surface area contributed by atoms with E-state index in [1.807, 2.05) is 24.3 Å². The highest BCUT2D eigenvalue weighted by atomic mass is 35.5. The van der Waals surface area contributed by atoms with E-state index < -0.39 is 6.10 Å². The second-order valence-electron chi connectivity index (χ2n) is 3.91. The second kappa shape index (κ2) is 4.10. The standard InChI is InChI=1S/C11H14ClNO2/c12-9-3-1-2-8(4-9)11(6-15-7-11)10(14)5-13/h1-4,10,14H,5-7,13H2. The zero-order valence-electron chi connectivity index (χ0n) is 8.32. The Morgan fingerprint density at radius 3 is 2.73 bits per heavy atom. The molecule has 1 aliphatic rings. The maximum Gasteiger partial charge on any atom is 0.0803 e. The molecule has 1 saturated heterocycles. The lowest BCUT2D eigenvalue weighted by Crippen LogP contribution is -2.57. The highest BCUT2D eigenvalue weighted by Crippen LogP contribution is 2.36. The van der Waals surface area contributed by atoms with E-state index in [2.05, 4.69) is 0 Å². The van der Waals surface area contributed by atoms with Crippen molar-refractivity contribution in [2.75, 3.05) is 19.8 Å². The van der Waals surface area contributed by atoms with Gasteiger partial charge in [-0.1, -0.05) is 23.7 Å². The van der Waals surface area contributed by atoms with Gasteiger partial charge in [-0.2, -0.15) is 0 Å². The van der Waals surface area contributed by atoms with E-state index in [1.54, 1.807) is 0 Å². The third-order valence-corrected chi connectivity index (χ3v) is 3.22. The third kappa shape index (κ3) is 1.76. The van der Waals surface area contributed by atoms with Crippen LogP contribution in [0.25, 0.3) is 0 Å². The number of hydrogen-bond donors (Lipinski definition) is 2. The van der Waals surface area contributed by atoms with Crippen molar-refractivity contribution in [2.24, 2.45) is 5.73 Å². The van der Waals surface area contributed by atoms with Gasteiger partial charge in [0.25, 0.3) is 0 Å². The Hall–Kier alpha value is -0.610. The number of rotatable bonds is 3. The summed E-state index contributed by atoms with van der Waals surface area (Å²) in [7, 11) is 0. The van der Waals surface area contributed by atoms with Gasteiger partial charge in [0.2, 0.25) is 0 Å². The first kappa shape index (κ1) is 10.9. The number of halogens is 1. The molecule has 1 atom stereocenters. The number of ether oxygens (including phenoxy) is 1. The number of nitrogens with two attached hydrogens (primary N) is 1. The lowest BCUT2D eigenvalue weighted by Gasteiger charge is -2.45. The molecular weight excluding hydrogens is 214 g/mol. The molecule has 0 spiro atoms. The van der Waals surface area contributed by atoms with Crippen LogP contribution in [0, 0.1) is 0 Å². The van der Waals surface area contributed by atoms with Gasteiger partial charge in [0.15, 0.2) is 0 Å². The molecule has 1 unspecified atom stereocenters. The van der Waals surface area contributed by atoms with Crippen molar-refractivity contribution in [2.45, 2.75) is 11.5 Å². The Morgan fingerprint density at radius 2 is 2.27 bits per heavy atom. The molecule has 2 rings (SSSR count). The third-order valence-electron chi connectivity index (χ3n) is 2.98. The lowest BCUT2D eigenvalue weighted by molar-refractivity contribution is -0.116. The van der Waals surface area contributed by atoms with Crippen LogP contribution in [0.3, 0.4) is 0 Å². The summed E-state index contributed by atoms with van der Waals surface area (Å²) in [5.41, 5.74) is 6.14. The Morgan fingerprint density at radius 1 is 1.53 bits per heavy atom. The summed E-state index contributed by atoms with van der Waals surface area (Å²) < 4.78 is 5.20. The summed E-state index contributed by atoms with van der Waals surface area (Å²) >= 11 is 5.93.